The van der Waals surface area contributed by atoms with E-state index in [-0.39, 0.29) is 11.8 Å². The first kappa shape index (κ1) is 19.2. The lowest BCUT2D eigenvalue weighted by Gasteiger charge is -2.23. The van der Waals surface area contributed by atoms with Crippen molar-refractivity contribution in [1.29, 1.82) is 0 Å². The molecule has 0 radical (unpaired) electrons. The summed E-state index contributed by atoms with van der Waals surface area (Å²) in [7, 11) is 1.76. The molecular weight excluding hydrogens is 364 g/mol. The van der Waals surface area contributed by atoms with Gasteiger partial charge in [0.15, 0.2) is 0 Å². The Morgan fingerprint density at radius 1 is 1.22 bits per heavy atom. The fraction of sp³-hybridized carbons (Fsp3) is 0.333. The van der Waals surface area contributed by atoms with Gasteiger partial charge in [-0.05, 0) is 43.2 Å². The molecule has 1 heterocycles. The Morgan fingerprint density at radius 3 is 2.70 bits per heavy atom. The van der Waals surface area contributed by atoms with Gasteiger partial charge in [-0.2, -0.15) is 0 Å². The van der Waals surface area contributed by atoms with Crippen molar-refractivity contribution in [3.63, 3.8) is 0 Å². The molecule has 2 amide bonds. The van der Waals surface area contributed by atoms with Gasteiger partial charge in [0.25, 0.3) is 5.91 Å². The van der Waals surface area contributed by atoms with E-state index in [1.54, 1.807) is 35.0 Å². The maximum absolute atomic E-state index is 12.9. The number of anilines is 1. The molecule has 0 atom stereocenters. The largest absolute Gasteiger partial charge is 0.494 e. The molecule has 0 bridgehead atoms. The highest BCUT2D eigenvalue weighted by molar-refractivity contribution is 6.31. The minimum atomic E-state index is -0.124. The van der Waals surface area contributed by atoms with E-state index in [0.717, 1.165) is 12.2 Å². The number of benzene rings is 2. The van der Waals surface area contributed by atoms with Crippen LogP contribution in [0, 0.1) is 0 Å². The zero-order valence-corrected chi connectivity index (χ0v) is 16.1. The Balaban J connectivity index is 1.62. The van der Waals surface area contributed by atoms with Crippen LogP contribution in [0.5, 0.6) is 5.75 Å². The van der Waals surface area contributed by atoms with E-state index in [2.05, 4.69) is 0 Å². The summed E-state index contributed by atoms with van der Waals surface area (Å²) in [6, 6.07) is 14.7. The highest BCUT2D eigenvalue weighted by atomic mass is 35.5. The van der Waals surface area contributed by atoms with E-state index in [0.29, 0.717) is 48.8 Å². The number of halogens is 1. The van der Waals surface area contributed by atoms with Crippen LogP contribution in [0.1, 0.15) is 29.6 Å². The fourth-order valence-electron chi connectivity index (χ4n) is 3.13. The molecular formula is C21H23ClN2O3. The molecule has 2 aromatic rings. The maximum atomic E-state index is 12.9. The van der Waals surface area contributed by atoms with Crippen LogP contribution >= 0.6 is 11.6 Å². The third kappa shape index (κ3) is 4.80. The number of nitrogens with zero attached hydrogens (tertiary/aromatic N) is 2. The van der Waals surface area contributed by atoms with Gasteiger partial charge in [0.05, 0.1) is 17.9 Å². The number of hydrogen-bond acceptors (Lipinski definition) is 3. The molecule has 1 fully saturated rings. The average Bonchev–Trinajstić information content (AvgIpc) is 3.11. The quantitative estimate of drug-likeness (QED) is 0.675. The topological polar surface area (TPSA) is 49.9 Å². The molecule has 0 aliphatic carbocycles. The first-order valence-electron chi connectivity index (χ1n) is 9.09. The molecule has 3 rings (SSSR count). The molecule has 0 N–H and O–H groups in total. The Labute approximate surface area is 164 Å². The highest BCUT2D eigenvalue weighted by Crippen LogP contribution is 2.29. The highest BCUT2D eigenvalue weighted by Gasteiger charge is 2.27. The van der Waals surface area contributed by atoms with Crippen LogP contribution < -0.4 is 9.64 Å². The Kier molecular flexibility index (Phi) is 6.35. The van der Waals surface area contributed by atoms with Gasteiger partial charge >= 0.3 is 0 Å². The second-order valence-electron chi connectivity index (χ2n) is 6.55. The molecule has 1 saturated heterocycles. The van der Waals surface area contributed by atoms with Crippen LogP contribution in [0.2, 0.25) is 5.02 Å². The molecule has 2 aromatic carbocycles. The first-order chi connectivity index (χ1) is 13.1. The molecule has 0 saturated carbocycles. The number of rotatable bonds is 7. The van der Waals surface area contributed by atoms with Gasteiger partial charge < -0.3 is 14.5 Å². The van der Waals surface area contributed by atoms with E-state index in [9.17, 15) is 9.59 Å². The zero-order valence-electron chi connectivity index (χ0n) is 15.4. The minimum Gasteiger partial charge on any atom is -0.494 e. The normalized spacial score (nSPS) is 13.7. The van der Waals surface area contributed by atoms with Gasteiger partial charge in [-0.25, -0.2) is 0 Å². The molecule has 5 nitrogen and oxygen atoms in total. The summed E-state index contributed by atoms with van der Waals surface area (Å²) < 4.78 is 5.67. The number of hydrogen-bond donors (Lipinski definition) is 0. The smallest absolute Gasteiger partial charge is 0.255 e. The average molecular weight is 387 g/mol. The molecule has 27 heavy (non-hydrogen) atoms. The van der Waals surface area contributed by atoms with Crippen molar-refractivity contribution in [1.82, 2.24) is 4.90 Å². The van der Waals surface area contributed by atoms with Gasteiger partial charge in [-0.1, -0.05) is 29.8 Å². The molecule has 1 aliphatic rings. The first-order valence-corrected chi connectivity index (χ1v) is 9.47. The molecule has 1 aliphatic heterocycles. The lowest BCUT2D eigenvalue weighted by molar-refractivity contribution is -0.117. The standard InChI is InChI=1S/C21H23ClN2O3/c1-23(12-6-14-27-17-7-3-2-4-8-17)21(26)18-11-10-16(22)15-19(18)24-13-5-9-20(24)25/h2-4,7-8,10-11,15H,5-6,9,12-14H2,1H3. The SMILES string of the molecule is CN(CCCOc1ccccc1)C(=O)c1ccc(Cl)cc1N1CCCC1=O. The summed E-state index contributed by atoms with van der Waals surface area (Å²) >= 11 is 6.11. The maximum Gasteiger partial charge on any atom is 0.255 e. The van der Waals surface area contributed by atoms with Crippen molar-refractivity contribution < 1.29 is 14.3 Å². The van der Waals surface area contributed by atoms with E-state index < -0.39 is 0 Å². The minimum absolute atomic E-state index is 0.0326. The Morgan fingerprint density at radius 2 is 2.00 bits per heavy atom. The van der Waals surface area contributed by atoms with Crippen molar-refractivity contribution >= 4 is 29.1 Å². The van der Waals surface area contributed by atoms with Crippen LogP contribution in [-0.2, 0) is 4.79 Å². The van der Waals surface area contributed by atoms with Gasteiger partial charge in [0.2, 0.25) is 5.91 Å². The van der Waals surface area contributed by atoms with Gasteiger partial charge in [-0.15, -0.1) is 0 Å². The van der Waals surface area contributed by atoms with E-state index in [1.165, 1.54) is 0 Å². The lowest BCUT2D eigenvalue weighted by atomic mass is 10.1. The van der Waals surface area contributed by atoms with Crippen LogP contribution in [0.15, 0.2) is 48.5 Å². The van der Waals surface area contributed by atoms with Gasteiger partial charge in [0, 0.05) is 31.6 Å². The van der Waals surface area contributed by atoms with Crippen molar-refractivity contribution in [3.05, 3.63) is 59.1 Å². The third-order valence-corrected chi connectivity index (χ3v) is 4.79. The van der Waals surface area contributed by atoms with Crippen LogP contribution in [-0.4, -0.2) is 43.5 Å². The van der Waals surface area contributed by atoms with Crippen LogP contribution in [0.4, 0.5) is 5.69 Å². The van der Waals surface area contributed by atoms with Crippen LogP contribution in [0.25, 0.3) is 0 Å². The summed E-state index contributed by atoms with van der Waals surface area (Å²) in [6.07, 6.45) is 2.02. The number of carbonyl (C=O) groups excluding carboxylic acids is 2. The third-order valence-electron chi connectivity index (χ3n) is 4.55. The second-order valence-corrected chi connectivity index (χ2v) is 6.99. The monoisotopic (exact) mass is 386 g/mol. The summed E-state index contributed by atoms with van der Waals surface area (Å²) in [6.45, 7) is 1.70. The van der Waals surface area contributed by atoms with E-state index in [1.807, 2.05) is 30.3 Å². The van der Waals surface area contributed by atoms with Crippen molar-refractivity contribution in [2.24, 2.45) is 0 Å². The van der Waals surface area contributed by atoms with E-state index >= 15 is 0 Å². The Hall–Kier alpha value is -2.53. The number of ether oxygens (including phenoxy) is 1. The predicted octanol–water partition coefficient (Wildman–Crippen LogP) is 4.01. The fourth-order valence-corrected chi connectivity index (χ4v) is 3.29. The molecule has 0 aromatic heterocycles. The summed E-state index contributed by atoms with van der Waals surface area (Å²) in [5, 5.41) is 0.514. The van der Waals surface area contributed by atoms with E-state index in [4.69, 9.17) is 16.3 Å². The van der Waals surface area contributed by atoms with Crippen molar-refractivity contribution in [2.75, 3.05) is 31.6 Å². The van der Waals surface area contributed by atoms with Crippen molar-refractivity contribution in [3.8, 4) is 5.75 Å². The number of para-hydroxylation sites is 1. The summed E-state index contributed by atoms with van der Waals surface area (Å²) in [4.78, 5) is 28.3. The number of amides is 2. The second kappa shape index (κ2) is 8.91. The molecule has 0 spiro atoms. The molecule has 6 heteroatoms. The Bertz CT molecular complexity index is 810. The molecule has 142 valence electrons. The van der Waals surface area contributed by atoms with Gasteiger partial charge in [0.1, 0.15) is 5.75 Å². The molecule has 0 unspecified atom stereocenters. The summed E-state index contributed by atoms with van der Waals surface area (Å²) in [5.74, 6) is 0.727. The number of carbonyl (C=O) groups is 2. The van der Waals surface area contributed by atoms with Gasteiger partial charge in [-0.3, -0.25) is 9.59 Å². The van der Waals surface area contributed by atoms with Crippen LogP contribution in [0.3, 0.4) is 0 Å². The summed E-state index contributed by atoms with van der Waals surface area (Å²) in [5.41, 5.74) is 1.10. The van der Waals surface area contributed by atoms with Crippen molar-refractivity contribution in [2.45, 2.75) is 19.3 Å². The lowest BCUT2D eigenvalue weighted by Crippen LogP contribution is -2.32. The zero-order chi connectivity index (χ0) is 19.2. The predicted molar refractivity (Wildman–Crippen MR) is 107 cm³/mol.